The molecule has 1 fully saturated rings. The smallest absolute Gasteiger partial charge is 0.314 e. The van der Waals surface area contributed by atoms with Crippen molar-refractivity contribution < 1.29 is 13.2 Å². The fourth-order valence-electron chi connectivity index (χ4n) is 2.61. The predicted molar refractivity (Wildman–Crippen MR) is 76.4 cm³/mol. The third-order valence-electron chi connectivity index (χ3n) is 4.43. The van der Waals surface area contributed by atoms with Gasteiger partial charge in [-0.25, -0.2) is 0 Å². The molecule has 0 unspecified atom stereocenters. The number of aromatic nitrogens is 1. The molecule has 0 N–H and O–H groups in total. The molecule has 1 aliphatic rings. The third kappa shape index (κ3) is 3.33. The minimum atomic E-state index is -4.43. The SMILES string of the molecule is CCC1(Cn2cc(C(F)(F)F)cc(C(C)(C)C)c2=O)CC1. The van der Waals surface area contributed by atoms with Crippen molar-refractivity contribution in [1.82, 2.24) is 4.57 Å². The van der Waals surface area contributed by atoms with Crippen molar-refractivity contribution in [3.63, 3.8) is 0 Å². The van der Waals surface area contributed by atoms with Crippen molar-refractivity contribution in [3.8, 4) is 0 Å². The van der Waals surface area contributed by atoms with Crippen molar-refractivity contribution in [2.24, 2.45) is 5.41 Å². The van der Waals surface area contributed by atoms with Gasteiger partial charge in [0.1, 0.15) is 0 Å². The van der Waals surface area contributed by atoms with Crippen molar-refractivity contribution in [3.05, 3.63) is 33.7 Å². The first-order valence-electron chi connectivity index (χ1n) is 7.31. The number of nitrogens with zero attached hydrogens (tertiary/aromatic N) is 1. The highest BCUT2D eigenvalue weighted by Gasteiger charge is 2.42. The minimum Gasteiger partial charge on any atom is -0.314 e. The molecule has 0 atom stereocenters. The van der Waals surface area contributed by atoms with Crippen molar-refractivity contribution in [2.75, 3.05) is 0 Å². The van der Waals surface area contributed by atoms with Gasteiger partial charge in [-0.3, -0.25) is 4.79 Å². The average Bonchev–Trinajstić information content (AvgIpc) is 3.09. The van der Waals surface area contributed by atoms with Crippen LogP contribution in [0.5, 0.6) is 0 Å². The highest BCUT2D eigenvalue weighted by molar-refractivity contribution is 5.27. The fraction of sp³-hybridized carbons (Fsp3) is 0.688. The van der Waals surface area contributed by atoms with Gasteiger partial charge in [-0.15, -0.1) is 0 Å². The zero-order chi connectivity index (χ0) is 16.1. The van der Waals surface area contributed by atoms with E-state index in [2.05, 4.69) is 0 Å². The first kappa shape index (κ1) is 16.1. The summed E-state index contributed by atoms with van der Waals surface area (Å²) in [4.78, 5) is 12.5. The summed E-state index contributed by atoms with van der Waals surface area (Å²) >= 11 is 0. The Morgan fingerprint density at radius 3 is 2.19 bits per heavy atom. The maximum atomic E-state index is 13.1. The molecular weight excluding hydrogens is 279 g/mol. The predicted octanol–water partition coefficient (Wildman–Crippen LogP) is 4.35. The Morgan fingerprint density at radius 1 is 1.24 bits per heavy atom. The first-order chi connectivity index (χ1) is 9.48. The second kappa shape index (κ2) is 4.89. The second-order valence-corrected chi connectivity index (χ2v) is 7.18. The molecule has 0 saturated heterocycles. The van der Waals surface area contributed by atoms with Gasteiger partial charge in [-0.2, -0.15) is 13.2 Å². The summed E-state index contributed by atoms with van der Waals surface area (Å²) in [5.74, 6) is 0. The number of alkyl halides is 3. The molecule has 0 bridgehead atoms. The van der Waals surface area contributed by atoms with Crippen LogP contribution < -0.4 is 5.56 Å². The normalized spacial score (nSPS) is 17.9. The standard InChI is InChI=1S/C16H22F3NO/c1-5-15(6-7-15)10-20-9-11(16(17,18)19)8-12(13(20)21)14(2,3)4/h8-9H,5-7,10H2,1-4H3. The zero-order valence-corrected chi connectivity index (χ0v) is 13.0. The minimum absolute atomic E-state index is 0.0171. The van der Waals surface area contributed by atoms with Gasteiger partial charge in [0.25, 0.3) is 5.56 Å². The van der Waals surface area contributed by atoms with Gasteiger partial charge in [-0.05, 0) is 36.2 Å². The van der Waals surface area contributed by atoms with Crippen LogP contribution in [0.1, 0.15) is 58.1 Å². The van der Waals surface area contributed by atoms with Crippen molar-refractivity contribution in [1.29, 1.82) is 0 Å². The maximum absolute atomic E-state index is 13.1. The van der Waals surface area contributed by atoms with Crippen LogP contribution in [-0.4, -0.2) is 4.57 Å². The fourth-order valence-corrected chi connectivity index (χ4v) is 2.61. The summed E-state index contributed by atoms with van der Waals surface area (Å²) < 4.78 is 40.5. The molecule has 1 aliphatic carbocycles. The lowest BCUT2D eigenvalue weighted by atomic mass is 9.87. The average molecular weight is 301 g/mol. The molecule has 0 aromatic carbocycles. The van der Waals surface area contributed by atoms with Gasteiger partial charge in [0.05, 0.1) is 5.56 Å². The van der Waals surface area contributed by atoms with E-state index < -0.39 is 17.2 Å². The lowest BCUT2D eigenvalue weighted by Gasteiger charge is -2.23. The Labute approximate surface area is 123 Å². The van der Waals surface area contributed by atoms with Crippen LogP contribution >= 0.6 is 0 Å². The number of halogens is 3. The van der Waals surface area contributed by atoms with E-state index in [1.54, 1.807) is 20.8 Å². The molecule has 2 rings (SSSR count). The highest BCUT2D eigenvalue weighted by Crippen LogP contribution is 2.49. The van der Waals surface area contributed by atoms with Crippen LogP contribution in [0.15, 0.2) is 17.1 Å². The van der Waals surface area contributed by atoms with E-state index in [0.29, 0.717) is 6.54 Å². The Morgan fingerprint density at radius 2 is 1.81 bits per heavy atom. The summed E-state index contributed by atoms with van der Waals surface area (Å²) in [6, 6.07) is 1.00. The highest BCUT2D eigenvalue weighted by atomic mass is 19.4. The van der Waals surface area contributed by atoms with Gasteiger partial charge in [0.2, 0.25) is 0 Å². The van der Waals surface area contributed by atoms with E-state index in [-0.39, 0.29) is 16.5 Å². The molecule has 1 heterocycles. The van der Waals surface area contributed by atoms with Gasteiger partial charge in [-0.1, -0.05) is 27.7 Å². The molecular formula is C16H22F3NO. The van der Waals surface area contributed by atoms with E-state index in [4.69, 9.17) is 0 Å². The van der Waals surface area contributed by atoms with E-state index in [9.17, 15) is 18.0 Å². The van der Waals surface area contributed by atoms with E-state index in [0.717, 1.165) is 31.5 Å². The van der Waals surface area contributed by atoms with Crippen LogP contribution in [0.2, 0.25) is 0 Å². The van der Waals surface area contributed by atoms with Gasteiger partial charge >= 0.3 is 6.18 Å². The van der Waals surface area contributed by atoms with Crippen LogP contribution in [0.4, 0.5) is 13.2 Å². The summed E-state index contributed by atoms with van der Waals surface area (Å²) in [5, 5.41) is 0. The monoisotopic (exact) mass is 301 g/mol. The van der Waals surface area contributed by atoms with Gasteiger partial charge in [0.15, 0.2) is 0 Å². The Kier molecular flexibility index (Phi) is 3.75. The van der Waals surface area contributed by atoms with Crippen molar-refractivity contribution in [2.45, 2.75) is 65.1 Å². The van der Waals surface area contributed by atoms with E-state index in [1.165, 1.54) is 4.57 Å². The van der Waals surface area contributed by atoms with Crippen molar-refractivity contribution >= 4 is 0 Å². The summed E-state index contributed by atoms with van der Waals surface area (Å²) in [5.41, 5.74) is -1.40. The number of rotatable bonds is 3. The topological polar surface area (TPSA) is 22.0 Å². The third-order valence-corrected chi connectivity index (χ3v) is 4.43. The molecule has 21 heavy (non-hydrogen) atoms. The number of hydrogen-bond donors (Lipinski definition) is 0. The van der Waals surface area contributed by atoms with E-state index >= 15 is 0 Å². The number of hydrogen-bond acceptors (Lipinski definition) is 1. The Balaban J connectivity index is 2.56. The van der Waals surface area contributed by atoms with Gasteiger partial charge in [0, 0.05) is 18.3 Å². The molecule has 118 valence electrons. The zero-order valence-electron chi connectivity index (χ0n) is 13.0. The molecule has 0 radical (unpaired) electrons. The summed E-state index contributed by atoms with van der Waals surface area (Å²) in [6.07, 6.45) is -0.597. The molecule has 5 heteroatoms. The maximum Gasteiger partial charge on any atom is 0.417 e. The van der Waals surface area contributed by atoms with Gasteiger partial charge < -0.3 is 4.57 Å². The van der Waals surface area contributed by atoms with Crippen LogP contribution in [0.3, 0.4) is 0 Å². The Hall–Kier alpha value is -1.26. The molecule has 2 nitrogen and oxygen atoms in total. The summed E-state index contributed by atoms with van der Waals surface area (Å²) in [6.45, 7) is 7.70. The number of pyridine rings is 1. The molecule has 0 aliphatic heterocycles. The largest absolute Gasteiger partial charge is 0.417 e. The lowest BCUT2D eigenvalue weighted by molar-refractivity contribution is -0.138. The summed E-state index contributed by atoms with van der Waals surface area (Å²) in [7, 11) is 0. The quantitative estimate of drug-likeness (QED) is 0.813. The first-order valence-corrected chi connectivity index (χ1v) is 7.31. The van der Waals surface area contributed by atoms with Crippen LogP contribution in [-0.2, 0) is 18.1 Å². The molecule has 0 amide bonds. The molecule has 1 aromatic rings. The van der Waals surface area contributed by atoms with E-state index in [1.807, 2.05) is 6.92 Å². The van der Waals surface area contributed by atoms with Crippen LogP contribution in [0, 0.1) is 5.41 Å². The second-order valence-electron chi connectivity index (χ2n) is 7.18. The molecule has 1 saturated carbocycles. The molecule has 1 aromatic heterocycles. The van der Waals surface area contributed by atoms with Crippen LogP contribution in [0.25, 0.3) is 0 Å². The lowest BCUT2D eigenvalue weighted by Crippen LogP contribution is -2.33. The molecule has 0 spiro atoms. The Bertz CT molecular complexity index is 589.